The number of amides is 4. The number of ether oxygens (including phenoxy) is 1. The summed E-state index contributed by atoms with van der Waals surface area (Å²) in [6.45, 7) is 3.43. The van der Waals surface area contributed by atoms with Crippen LogP contribution >= 0.6 is 0 Å². The number of nitrogens with one attached hydrogen (secondary N) is 3. The molecule has 0 bridgehead atoms. The molecule has 3 aliphatic heterocycles. The Labute approximate surface area is 167 Å². The minimum absolute atomic E-state index is 0.0428. The molecule has 29 heavy (non-hydrogen) atoms. The van der Waals surface area contributed by atoms with Crippen LogP contribution in [0.4, 0.5) is 25.4 Å². The van der Waals surface area contributed by atoms with Gasteiger partial charge in [0.25, 0.3) is 0 Å². The van der Waals surface area contributed by atoms with Gasteiger partial charge in [0.2, 0.25) is 5.91 Å². The first-order valence-corrected chi connectivity index (χ1v) is 9.81. The highest BCUT2D eigenvalue weighted by molar-refractivity contribution is 5.90. The van der Waals surface area contributed by atoms with Gasteiger partial charge in [-0.05, 0) is 24.6 Å². The number of urea groups is 1. The summed E-state index contributed by atoms with van der Waals surface area (Å²) in [5, 5.41) is 8.37. The van der Waals surface area contributed by atoms with E-state index in [4.69, 9.17) is 4.74 Å². The molecule has 3 N–H and O–H groups in total. The number of halogens is 1. The molecule has 3 fully saturated rings. The molecule has 3 aliphatic rings. The van der Waals surface area contributed by atoms with Crippen LogP contribution < -0.4 is 25.8 Å². The predicted octanol–water partition coefficient (Wildman–Crippen LogP) is 0.937. The third-order valence-electron chi connectivity index (χ3n) is 5.41. The summed E-state index contributed by atoms with van der Waals surface area (Å²) in [5.74, 6) is -0.528. The molecule has 0 saturated carbocycles. The van der Waals surface area contributed by atoms with Crippen LogP contribution in [0.1, 0.15) is 19.8 Å². The van der Waals surface area contributed by atoms with Crippen LogP contribution in [0.2, 0.25) is 0 Å². The lowest BCUT2D eigenvalue weighted by Crippen LogP contribution is -2.35. The van der Waals surface area contributed by atoms with E-state index in [1.165, 1.54) is 11.0 Å². The van der Waals surface area contributed by atoms with E-state index >= 15 is 0 Å². The molecule has 1 aromatic carbocycles. The second-order valence-corrected chi connectivity index (χ2v) is 7.54. The van der Waals surface area contributed by atoms with Crippen molar-refractivity contribution < 1.29 is 23.5 Å². The molecule has 0 spiro atoms. The summed E-state index contributed by atoms with van der Waals surface area (Å²) in [4.78, 5) is 38.3. The van der Waals surface area contributed by atoms with Crippen molar-refractivity contribution >= 4 is 29.4 Å². The van der Waals surface area contributed by atoms with Crippen molar-refractivity contribution in [2.24, 2.45) is 0 Å². The van der Waals surface area contributed by atoms with E-state index in [0.717, 1.165) is 6.42 Å². The Morgan fingerprint density at radius 1 is 1.24 bits per heavy atom. The third-order valence-corrected chi connectivity index (χ3v) is 5.41. The first-order valence-electron chi connectivity index (χ1n) is 9.81. The lowest BCUT2D eigenvalue weighted by molar-refractivity contribution is -0.121. The Balaban J connectivity index is 1.38. The van der Waals surface area contributed by atoms with E-state index in [1.54, 1.807) is 12.1 Å². The molecule has 3 saturated heterocycles. The van der Waals surface area contributed by atoms with Crippen LogP contribution in [-0.4, -0.2) is 62.4 Å². The Hall–Kier alpha value is -3.04. The second-order valence-electron chi connectivity index (χ2n) is 7.54. The maximum absolute atomic E-state index is 14.8. The Kier molecular flexibility index (Phi) is 5.16. The maximum Gasteiger partial charge on any atom is 0.414 e. The van der Waals surface area contributed by atoms with Gasteiger partial charge >= 0.3 is 12.1 Å². The van der Waals surface area contributed by atoms with Crippen LogP contribution in [0.3, 0.4) is 0 Å². The van der Waals surface area contributed by atoms with Gasteiger partial charge < -0.3 is 25.6 Å². The van der Waals surface area contributed by atoms with Crippen LogP contribution in [0.5, 0.6) is 0 Å². The molecule has 9 nitrogen and oxygen atoms in total. The molecular formula is C19H24FN5O4. The Morgan fingerprint density at radius 3 is 2.62 bits per heavy atom. The van der Waals surface area contributed by atoms with E-state index in [-0.39, 0.29) is 37.1 Å². The number of fused-ring (bicyclic) bond motifs is 1. The van der Waals surface area contributed by atoms with E-state index in [9.17, 15) is 18.8 Å². The topological polar surface area (TPSA) is 103 Å². The lowest BCUT2D eigenvalue weighted by atomic mass is 10.2. The number of cyclic esters (lactones) is 1. The SMILES string of the molecule is CCCC(=O)NC[C@H]1CN(c2ccc(N3CC4NC(=O)NC4C3)c(F)c2)C(=O)O1. The summed E-state index contributed by atoms with van der Waals surface area (Å²) in [6, 6.07) is 4.35. The zero-order chi connectivity index (χ0) is 20.5. The van der Waals surface area contributed by atoms with Crippen molar-refractivity contribution in [1.82, 2.24) is 16.0 Å². The van der Waals surface area contributed by atoms with E-state index in [2.05, 4.69) is 16.0 Å². The fourth-order valence-electron chi connectivity index (χ4n) is 3.97. The van der Waals surface area contributed by atoms with Gasteiger partial charge in [-0.25, -0.2) is 14.0 Å². The van der Waals surface area contributed by atoms with E-state index in [0.29, 0.717) is 30.9 Å². The van der Waals surface area contributed by atoms with Crippen molar-refractivity contribution in [3.63, 3.8) is 0 Å². The number of anilines is 2. The van der Waals surface area contributed by atoms with Gasteiger partial charge in [-0.1, -0.05) is 6.92 Å². The minimum Gasteiger partial charge on any atom is -0.442 e. The van der Waals surface area contributed by atoms with Crippen molar-refractivity contribution in [2.45, 2.75) is 38.0 Å². The van der Waals surface area contributed by atoms with E-state index < -0.39 is 18.0 Å². The first-order chi connectivity index (χ1) is 13.9. The molecule has 0 radical (unpaired) electrons. The largest absolute Gasteiger partial charge is 0.442 e. The molecule has 156 valence electrons. The van der Waals surface area contributed by atoms with Gasteiger partial charge in [-0.3, -0.25) is 9.69 Å². The Bertz CT molecular complexity index is 819. The summed E-state index contributed by atoms with van der Waals surface area (Å²) in [5.41, 5.74) is 0.833. The third kappa shape index (κ3) is 3.92. The van der Waals surface area contributed by atoms with Gasteiger partial charge in [0.05, 0.1) is 36.5 Å². The van der Waals surface area contributed by atoms with Crippen LogP contribution in [-0.2, 0) is 9.53 Å². The highest BCUT2D eigenvalue weighted by Crippen LogP contribution is 2.30. The summed E-state index contributed by atoms with van der Waals surface area (Å²) < 4.78 is 20.1. The van der Waals surface area contributed by atoms with Gasteiger partial charge in [-0.2, -0.15) is 0 Å². The predicted molar refractivity (Wildman–Crippen MR) is 103 cm³/mol. The smallest absolute Gasteiger partial charge is 0.414 e. The average molecular weight is 405 g/mol. The maximum atomic E-state index is 14.8. The second kappa shape index (κ2) is 7.76. The minimum atomic E-state index is -0.561. The van der Waals surface area contributed by atoms with Crippen LogP contribution in [0.25, 0.3) is 0 Å². The van der Waals surface area contributed by atoms with Gasteiger partial charge in [0, 0.05) is 19.5 Å². The number of benzene rings is 1. The van der Waals surface area contributed by atoms with Crippen molar-refractivity contribution in [1.29, 1.82) is 0 Å². The molecule has 1 aromatic rings. The van der Waals surface area contributed by atoms with Crippen LogP contribution in [0, 0.1) is 5.82 Å². The Morgan fingerprint density at radius 2 is 1.97 bits per heavy atom. The number of nitrogens with zero attached hydrogens (tertiary/aromatic N) is 2. The lowest BCUT2D eigenvalue weighted by Gasteiger charge is -2.21. The first kappa shape index (κ1) is 19.3. The zero-order valence-electron chi connectivity index (χ0n) is 16.1. The summed E-state index contributed by atoms with van der Waals surface area (Å²) in [6.07, 6.45) is 0.136. The molecule has 2 unspecified atom stereocenters. The number of rotatable bonds is 6. The quantitative estimate of drug-likeness (QED) is 0.654. The highest BCUT2D eigenvalue weighted by atomic mass is 19.1. The summed E-state index contributed by atoms with van der Waals surface area (Å²) in [7, 11) is 0. The number of carbonyl (C=O) groups is 3. The van der Waals surface area contributed by atoms with Gasteiger partial charge in [0.15, 0.2) is 0 Å². The molecule has 10 heteroatoms. The monoisotopic (exact) mass is 405 g/mol. The normalized spacial score (nSPS) is 25.5. The average Bonchev–Trinajstić information content (AvgIpc) is 3.32. The molecule has 0 aliphatic carbocycles. The molecule has 3 atom stereocenters. The van der Waals surface area contributed by atoms with Crippen LogP contribution in [0.15, 0.2) is 18.2 Å². The molecule has 4 amide bonds. The van der Waals surface area contributed by atoms with Crippen molar-refractivity contribution in [2.75, 3.05) is 36.0 Å². The number of carbonyl (C=O) groups excluding carboxylic acids is 3. The van der Waals surface area contributed by atoms with Gasteiger partial charge in [0.1, 0.15) is 11.9 Å². The van der Waals surface area contributed by atoms with Crippen molar-refractivity contribution in [3.05, 3.63) is 24.0 Å². The highest BCUT2D eigenvalue weighted by Gasteiger charge is 2.40. The zero-order valence-corrected chi connectivity index (χ0v) is 16.1. The number of hydrogen-bond acceptors (Lipinski definition) is 5. The molecular weight excluding hydrogens is 381 g/mol. The fraction of sp³-hybridized carbons (Fsp3) is 0.526. The van der Waals surface area contributed by atoms with Crippen molar-refractivity contribution in [3.8, 4) is 0 Å². The standard InChI is InChI=1S/C19H24FN5O4/c1-2-3-17(26)21-7-12-8-25(19(28)29-12)11-4-5-16(13(20)6-11)24-9-14-15(10-24)23-18(27)22-14/h4-6,12,14-15H,2-3,7-10H2,1H3,(H,21,26)(H2,22,23,27)/t12-,14?,15?/m0/s1. The van der Waals surface area contributed by atoms with Gasteiger partial charge in [-0.15, -0.1) is 0 Å². The number of hydrogen-bond donors (Lipinski definition) is 3. The molecule has 4 rings (SSSR count). The molecule has 3 heterocycles. The van der Waals surface area contributed by atoms with E-state index in [1.807, 2.05) is 11.8 Å². The summed E-state index contributed by atoms with van der Waals surface area (Å²) >= 11 is 0. The molecule has 0 aromatic heterocycles. The fourth-order valence-corrected chi connectivity index (χ4v) is 3.97.